The first-order valence-electron chi connectivity index (χ1n) is 7.08. The molecule has 7 heteroatoms. The maximum atomic E-state index is 12.5. The Balaban J connectivity index is 1.90. The van der Waals surface area contributed by atoms with Crippen molar-refractivity contribution in [2.75, 3.05) is 13.1 Å². The van der Waals surface area contributed by atoms with Gasteiger partial charge in [0.15, 0.2) is 0 Å². The lowest BCUT2D eigenvalue weighted by Crippen LogP contribution is -2.55. The number of hydrogen-bond donors (Lipinski definition) is 2. The fraction of sp³-hybridized carbons (Fsp3) is 0.333. The number of benzene rings is 1. The predicted molar refractivity (Wildman–Crippen MR) is 80.3 cm³/mol. The third-order valence-electron chi connectivity index (χ3n) is 3.85. The lowest BCUT2D eigenvalue weighted by molar-refractivity contribution is -0.140. The lowest BCUT2D eigenvalue weighted by atomic mass is 10.1. The number of carbonyl (C=O) groups is 2. The summed E-state index contributed by atoms with van der Waals surface area (Å²) in [6.07, 6.45) is 0.0505. The van der Waals surface area contributed by atoms with Gasteiger partial charge in [-0.25, -0.2) is 5.10 Å². The highest BCUT2D eigenvalue weighted by Crippen LogP contribution is 2.15. The van der Waals surface area contributed by atoms with Gasteiger partial charge in [0.2, 0.25) is 11.8 Å². The topological polar surface area (TPSA) is 95.2 Å². The Morgan fingerprint density at radius 2 is 2.05 bits per heavy atom. The van der Waals surface area contributed by atoms with Gasteiger partial charge >= 0.3 is 0 Å². The van der Waals surface area contributed by atoms with E-state index in [1.54, 1.807) is 29.2 Å². The van der Waals surface area contributed by atoms with E-state index in [2.05, 4.69) is 15.5 Å². The van der Waals surface area contributed by atoms with Crippen LogP contribution in [0, 0.1) is 0 Å². The maximum absolute atomic E-state index is 12.5. The molecule has 3 rings (SSSR count). The first kappa shape index (κ1) is 14.2. The normalized spacial score (nSPS) is 18.3. The summed E-state index contributed by atoms with van der Waals surface area (Å²) < 4.78 is 0. The quantitative estimate of drug-likeness (QED) is 0.804. The molecule has 2 heterocycles. The summed E-state index contributed by atoms with van der Waals surface area (Å²) >= 11 is 0. The number of aromatic amines is 1. The van der Waals surface area contributed by atoms with Gasteiger partial charge < -0.3 is 10.2 Å². The highest BCUT2D eigenvalue weighted by atomic mass is 16.2. The molecule has 0 bridgehead atoms. The second-order valence-corrected chi connectivity index (χ2v) is 5.40. The van der Waals surface area contributed by atoms with Crippen molar-refractivity contribution in [2.24, 2.45) is 0 Å². The van der Waals surface area contributed by atoms with Crippen molar-refractivity contribution in [3.63, 3.8) is 0 Å². The van der Waals surface area contributed by atoms with Crippen LogP contribution in [0.2, 0.25) is 0 Å². The fourth-order valence-corrected chi connectivity index (χ4v) is 2.62. The molecule has 0 saturated carbocycles. The van der Waals surface area contributed by atoms with Gasteiger partial charge in [0, 0.05) is 18.0 Å². The van der Waals surface area contributed by atoms with E-state index in [-0.39, 0.29) is 36.4 Å². The Morgan fingerprint density at radius 1 is 1.32 bits per heavy atom. The second kappa shape index (κ2) is 5.59. The van der Waals surface area contributed by atoms with Crippen LogP contribution in [0.1, 0.15) is 12.6 Å². The van der Waals surface area contributed by atoms with Crippen LogP contribution in [0.25, 0.3) is 10.8 Å². The van der Waals surface area contributed by atoms with Gasteiger partial charge in [-0.3, -0.25) is 14.4 Å². The van der Waals surface area contributed by atoms with Gasteiger partial charge in [-0.15, -0.1) is 0 Å². The summed E-state index contributed by atoms with van der Waals surface area (Å²) in [5, 5.41) is 10.3. The summed E-state index contributed by atoms with van der Waals surface area (Å²) in [5.41, 5.74) is 0.232. The third-order valence-corrected chi connectivity index (χ3v) is 3.85. The number of aromatic nitrogens is 2. The molecular weight excluding hydrogens is 284 g/mol. The average Bonchev–Trinajstić information content (AvgIpc) is 2.52. The van der Waals surface area contributed by atoms with E-state index in [4.69, 9.17) is 0 Å². The molecule has 1 aromatic heterocycles. The fourth-order valence-electron chi connectivity index (χ4n) is 2.62. The van der Waals surface area contributed by atoms with Crippen molar-refractivity contribution in [1.29, 1.82) is 0 Å². The molecule has 2 aromatic rings. The summed E-state index contributed by atoms with van der Waals surface area (Å²) in [6.45, 7) is 2.39. The smallest absolute Gasteiger partial charge is 0.272 e. The van der Waals surface area contributed by atoms with Crippen molar-refractivity contribution in [3.8, 4) is 0 Å². The molecule has 0 radical (unpaired) electrons. The van der Waals surface area contributed by atoms with Crippen LogP contribution in [-0.2, 0) is 16.0 Å². The van der Waals surface area contributed by atoms with E-state index in [1.165, 1.54) is 0 Å². The highest BCUT2D eigenvalue weighted by molar-refractivity contribution is 5.90. The van der Waals surface area contributed by atoms with Gasteiger partial charge in [-0.05, 0) is 13.0 Å². The number of rotatable bonds is 2. The van der Waals surface area contributed by atoms with E-state index in [0.29, 0.717) is 23.0 Å². The molecule has 0 aliphatic carbocycles. The van der Waals surface area contributed by atoms with Crippen LogP contribution in [0.15, 0.2) is 29.1 Å². The second-order valence-electron chi connectivity index (χ2n) is 5.40. The summed E-state index contributed by atoms with van der Waals surface area (Å²) in [6, 6.07) is 6.97. The molecule has 22 heavy (non-hydrogen) atoms. The molecule has 7 nitrogen and oxygen atoms in total. The minimum atomic E-state index is -0.280. The third kappa shape index (κ3) is 2.57. The monoisotopic (exact) mass is 300 g/mol. The van der Waals surface area contributed by atoms with E-state index >= 15 is 0 Å². The van der Waals surface area contributed by atoms with Crippen LogP contribution in [-0.4, -0.2) is 46.0 Å². The Kier molecular flexibility index (Phi) is 3.62. The molecular formula is C15H16N4O3. The van der Waals surface area contributed by atoms with Crippen LogP contribution in [0.5, 0.6) is 0 Å². The largest absolute Gasteiger partial charge is 0.353 e. The highest BCUT2D eigenvalue weighted by Gasteiger charge is 2.27. The first-order valence-corrected chi connectivity index (χ1v) is 7.08. The molecule has 2 amide bonds. The Morgan fingerprint density at radius 3 is 2.82 bits per heavy atom. The van der Waals surface area contributed by atoms with E-state index in [1.807, 2.05) is 6.92 Å². The van der Waals surface area contributed by atoms with Gasteiger partial charge in [0.25, 0.3) is 5.56 Å². The molecule has 1 atom stereocenters. The number of nitrogens with one attached hydrogen (secondary N) is 2. The molecule has 1 aliphatic heterocycles. The Hall–Kier alpha value is -2.70. The van der Waals surface area contributed by atoms with Gasteiger partial charge in [0.05, 0.1) is 24.0 Å². The van der Waals surface area contributed by atoms with E-state index < -0.39 is 0 Å². The predicted octanol–water partition coefficient (Wildman–Crippen LogP) is -0.187. The first-order chi connectivity index (χ1) is 10.6. The zero-order valence-electron chi connectivity index (χ0n) is 12.1. The van der Waals surface area contributed by atoms with Crippen molar-refractivity contribution < 1.29 is 9.59 Å². The number of H-pyrrole nitrogens is 1. The van der Waals surface area contributed by atoms with Crippen LogP contribution < -0.4 is 10.9 Å². The van der Waals surface area contributed by atoms with Crippen LogP contribution in [0.4, 0.5) is 0 Å². The number of fused-ring (bicyclic) bond motifs is 1. The summed E-state index contributed by atoms with van der Waals surface area (Å²) in [4.78, 5) is 37.2. The van der Waals surface area contributed by atoms with Crippen molar-refractivity contribution in [2.45, 2.75) is 19.4 Å². The minimum Gasteiger partial charge on any atom is -0.353 e. The number of amides is 2. The number of hydrogen-bond acceptors (Lipinski definition) is 4. The van der Waals surface area contributed by atoms with E-state index in [9.17, 15) is 14.4 Å². The SMILES string of the molecule is CC1CNC(=O)CN1C(=O)Cc1n[nH]c(=O)c2ccccc12. The number of piperazine rings is 1. The molecule has 114 valence electrons. The molecule has 1 unspecified atom stereocenters. The van der Waals surface area contributed by atoms with Crippen LogP contribution >= 0.6 is 0 Å². The van der Waals surface area contributed by atoms with Crippen LogP contribution in [0.3, 0.4) is 0 Å². The summed E-state index contributed by atoms with van der Waals surface area (Å²) in [5.74, 6) is -0.335. The van der Waals surface area contributed by atoms with Gasteiger partial charge in [-0.1, -0.05) is 18.2 Å². The molecule has 1 aromatic carbocycles. The standard InChI is InChI=1S/C15H16N4O3/c1-9-7-16-13(20)8-19(9)14(21)6-12-10-4-2-3-5-11(10)15(22)18-17-12/h2-5,9H,6-8H2,1H3,(H,16,20)(H,18,22). The molecule has 1 aliphatic rings. The van der Waals surface area contributed by atoms with Gasteiger partial charge in [-0.2, -0.15) is 5.10 Å². The zero-order chi connectivity index (χ0) is 15.7. The van der Waals surface area contributed by atoms with Crippen molar-refractivity contribution in [1.82, 2.24) is 20.4 Å². The molecule has 1 fully saturated rings. The summed E-state index contributed by atoms with van der Waals surface area (Å²) in [7, 11) is 0. The number of nitrogens with zero attached hydrogens (tertiary/aromatic N) is 2. The minimum absolute atomic E-state index is 0.0505. The average molecular weight is 300 g/mol. The van der Waals surface area contributed by atoms with Crippen molar-refractivity contribution in [3.05, 3.63) is 40.3 Å². The maximum Gasteiger partial charge on any atom is 0.272 e. The van der Waals surface area contributed by atoms with Crippen molar-refractivity contribution >= 4 is 22.6 Å². The Labute approximate surface area is 126 Å². The van der Waals surface area contributed by atoms with E-state index in [0.717, 1.165) is 0 Å². The molecule has 0 spiro atoms. The Bertz CT molecular complexity index is 799. The molecule has 1 saturated heterocycles. The molecule has 2 N–H and O–H groups in total. The number of carbonyl (C=O) groups excluding carboxylic acids is 2. The zero-order valence-corrected chi connectivity index (χ0v) is 12.1. The lowest BCUT2D eigenvalue weighted by Gasteiger charge is -2.33. The van der Waals surface area contributed by atoms with Gasteiger partial charge in [0.1, 0.15) is 0 Å².